The van der Waals surface area contributed by atoms with Crippen molar-refractivity contribution in [2.75, 3.05) is 31.6 Å². The van der Waals surface area contributed by atoms with Crippen molar-refractivity contribution in [1.82, 2.24) is 4.31 Å². The molecule has 0 unspecified atom stereocenters. The molecule has 0 aliphatic carbocycles. The summed E-state index contributed by atoms with van der Waals surface area (Å²) in [4.78, 5) is 12.6. The lowest BCUT2D eigenvalue weighted by atomic mass is 10.1. The Morgan fingerprint density at radius 2 is 1.81 bits per heavy atom. The van der Waals surface area contributed by atoms with Crippen LogP contribution in [0, 0.1) is 0 Å². The normalized spacial score (nSPS) is 15.6. The van der Waals surface area contributed by atoms with E-state index in [1.807, 2.05) is 12.1 Å². The monoisotopic (exact) mass is 374 g/mol. The third-order valence-electron chi connectivity index (χ3n) is 4.32. The van der Waals surface area contributed by atoms with Gasteiger partial charge in [-0.05, 0) is 42.3 Å². The van der Waals surface area contributed by atoms with Crippen LogP contribution < -0.4 is 5.32 Å². The number of carbonyl (C=O) groups is 1. The van der Waals surface area contributed by atoms with Crippen LogP contribution in [0.2, 0.25) is 0 Å². The van der Waals surface area contributed by atoms with Crippen LogP contribution in [0.25, 0.3) is 0 Å². The largest absolute Gasteiger partial charge is 0.379 e. The smallest absolute Gasteiger partial charge is 0.255 e. The Hall–Kier alpha value is -2.22. The van der Waals surface area contributed by atoms with Crippen molar-refractivity contribution < 1.29 is 17.9 Å². The zero-order valence-electron chi connectivity index (χ0n) is 14.6. The van der Waals surface area contributed by atoms with Gasteiger partial charge in [-0.15, -0.1) is 0 Å². The number of hydrogen-bond donors (Lipinski definition) is 1. The average molecular weight is 374 g/mol. The van der Waals surface area contributed by atoms with E-state index in [1.165, 1.54) is 16.4 Å². The van der Waals surface area contributed by atoms with Crippen LogP contribution in [0.4, 0.5) is 5.69 Å². The van der Waals surface area contributed by atoms with E-state index in [0.29, 0.717) is 37.6 Å². The Morgan fingerprint density at radius 1 is 1.12 bits per heavy atom. The second-order valence-electron chi connectivity index (χ2n) is 6.05. The van der Waals surface area contributed by atoms with Gasteiger partial charge in [0.05, 0.1) is 18.1 Å². The number of anilines is 1. The van der Waals surface area contributed by atoms with E-state index >= 15 is 0 Å². The molecule has 3 rings (SSSR count). The van der Waals surface area contributed by atoms with Crippen molar-refractivity contribution in [3.05, 3.63) is 59.7 Å². The van der Waals surface area contributed by atoms with E-state index < -0.39 is 10.0 Å². The molecule has 0 aromatic heterocycles. The summed E-state index contributed by atoms with van der Waals surface area (Å²) in [5.41, 5.74) is 2.13. The average Bonchev–Trinajstić information content (AvgIpc) is 2.69. The van der Waals surface area contributed by atoms with Crippen molar-refractivity contribution in [3.8, 4) is 0 Å². The lowest BCUT2D eigenvalue weighted by Gasteiger charge is -2.26. The highest BCUT2D eigenvalue weighted by molar-refractivity contribution is 7.89. The molecular weight excluding hydrogens is 352 g/mol. The standard InChI is InChI=1S/C19H22N2O4S/c1-2-15-6-8-16(9-7-15)19(22)20-17-4-3-5-18(14-17)26(23,24)21-10-12-25-13-11-21/h3-9,14H,2,10-13H2,1H3,(H,20,22). The Kier molecular flexibility index (Phi) is 5.70. The molecule has 138 valence electrons. The summed E-state index contributed by atoms with van der Waals surface area (Å²) in [5.74, 6) is -0.270. The van der Waals surface area contributed by atoms with Crippen molar-refractivity contribution in [1.29, 1.82) is 0 Å². The molecule has 1 saturated heterocycles. The highest BCUT2D eigenvalue weighted by Gasteiger charge is 2.26. The van der Waals surface area contributed by atoms with Crippen molar-refractivity contribution in [3.63, 3.8) is 0 Å². The van der Waals surface area contributed by atoms with Crippen LogP contribution in [-0.2, 0) is 21.2 Å². The molecule has 6 nitrogen and oxygen atoms in total. The topological polar surface area (TPSA) is 75.7 Å². The predicted octanol–water partition coefficient (Wildman–Crippen LogP) is 2.52. The number of benzene rings is 2. The number of sulfonamides is 1. The first-order valence-electron chi connectivity index (χ1n) is 8.59. The van der Waals surface area contributed by atoms with Crippen molar-refractivity contribution in [2.24, 2.45) is 0 Å². The van der Waals surface area contributed by atoms with E-state index in [2.05, 4.69) is 12.2 Å². The molecule has 1 aliphatic heterocycles. The van der Waals surface area contributed by atoms with Crippen LogP contribution >= 0.6 is 0 Å². The summed E-state index contributed by atoms with van der Waals surface area (Å²) in [6, 6.07) is 13.7. The SMILES string of the molecule is CCc1ccc(C(=O)Nc2cccc(S(=O)(=O)N3CCOCC3)c2)cc1. The van der Waals surface area contributed by atoms with Gasteiger partial charge in [0.2, 0.25) is 10.0 Å². The molecule has 0 spiro atoms. The third-order valence-corrected chi connectivity index (χ3v) is 6.22. The molecule has 26 heavy (non-hydrogen) atoms. The van der Waals surface area contributed by atoms with E-state index in [4.69, 9.17) is 4.74 Å². The lowest BCUT2D eigenvalue weighted by Crippen LogP contribution is -2.40. The molecule has 2 aromatic rings. The Morgan fingerprint density at radius 3 is 2.46 bits per heavy atom. The van der Waals surface area contributed by atoms with Crippen molar-refractivity contribution in [2.45, 2.75) is 18.2 Å². The van der Waals surface area contributed by atoms with Gasteiger partial charge in [0, 0.05) is 24.3 Å². The van der Waals surface area contributed by atoms with Crippen LogP contribution in [0.5, 0.6) is 0 Å². The third kappa shape index (κ3) is 4.12. The number of aryl methyl sites for hydroxylation is 1. The Bertz CT molecular complexity index is 873. The van der Waals surface area contributed by atoms with Crippen LogP contribution in [-0.4, -0.2) is 44.9 Å². The van der Waals surface area contributed by atoms with Gasteiger partial charge in [0.1, 0.15) is 0 Å². The molecule has 0 radical (unpaired) electrons. The first-order valence-corrected chi connectivity index (χ1v) is 10.0. The van der Waals surface area contributed by atoms with Gasteiger partial charge in [-0.25, -0.2) is 8.42 Å². The number of morpholine rings is 1. The molecule has 1 amide bonds. The summed E-state index contributed by atoms with van der Waals surface area (Å²) in [5, 5.41) is 2.76. The highest BCUT2D eigenvalue weighted by Crippen LogP contribution is 2.21. The zero-order valence-corrected chi connectivity index (χ0v) is 15.5. The van der Waals surface area contributed by atoms with Crippen LogP contribution in [0.15, 0.2) is 53.4 Å². The van der Waals surface area contributed by atoms with Gasteiger partial charge in [-0.3, -0.25) is 4.79 Å². The molecule has 1 aliphatic rings. The minimum Gasteiger partial charge on any atom is -0.379 e. The maximum Gasteiger partial charge on any atom is 0.255 e. The number of amides is 1. The molecular formula is C19H22N2O4S. The van der Waals surface area contributed by atoms with Gasteiger partial charge >= 0.3 is 0 Å². The fraction of sp³-hybridized carbons (Fsp3) is 0.316. The van der Waals surface area contributed by atoms with Gasteiger partial charge < -0.3 is 10.1 Å². The first kappa shape index (κ1) is 18.6. The quantitative estimate of drug-likeness (QED) is 0.873. The molecule has 0 bridgehead atoms. The minimum atomic E-state index is -3.59. The zero-order chi connectivity index (χ0) is 18.6. The summed E-state index contributed by atoms with van der Waals surface area (Å²) in [6.07, 6.45) is 0.906. The van der Waals surface area contributed by atoms with Gasteiger partial charge in [-0.2, -0.15) is 4.31 Å². The second kappa shape index (κ2) is 7.99. The maximum absolute atomic E-state index is 12.7. The Balaban J connectivity index is 1.77. The number of carbonyl (C=O) groups excluding carboxylic acids is 1. The van der Waals surface area contributed by atoms with E-state index in [9.17, 15) is 13.2 Å². The molecule has 7 heteroatoms. The molecule has 1 heterocycles. The summed E-state index contributed by atoms with van der Waals surface area (Å²) in [7, 11) is -3.59. The molecule has 1 fully saturated rings. The highest BCUT2D eigenvalue weighted by atomic mass is 32.2. The Labute approximate surface area is 153 Å². The molecule has 0 saturated carbocycles. The summed E-state index contributed by atoms with van der Waals surface area (Å²) in [6.45, 7) is 3.51. The van der Waals surface area contributed by atoms with E-state index in [0.717, 1.165) is 12.0 Å². The van der Waals surface area contributed by atoms with E-state index in [1.54, 1.807) is 24.3 Å². The number of rotatable bonds is 5. The van der Waals surface area contributed by atoms with Crippen molar-refractivity contribution >= 4 is 21.6 Å². The fourth-order valence-corrected chi connectivity index (χ4v) is 4.22. The van der Waals surface area contributed by atoms with Gasteiger partial charge in [0.25, 0.3) is 5.91 Å². The number of nitrogens with one attached hydrogen (secondary N) is 1. The molecule has 2 aromatic carbocycles. The van der Waals surface area contributed by atoms with E-state index in [-0.39, 0.29) is 10.8 Å². The molecule has 0 atom stereocenters. The number of ether oxygens (including phenoxy) is 1. The van der Waals surface area contributed by atoms with Gasteiger partial charge in [0.15, 0.2) is 0 Å². The second-order valence-corrected chi connectivity index (χ2v) is 7.99. The van der Waals surface area contributed by atoms with Gasteiger partial charge in [-0.1, -0.05) is 25.1 Å². The summed E-state index contributed by atoms with van der Waals surface area (Å²) < 4.78 is 32.1. The molecule has 1 N–H and O–H groups in total. The lowest BCUT2D eigenvalue weighted by molar-refractivity contribution is 0.0730. The predicted molar refractivity (Wildman–Crippen MR) is 99.8 cm³/mol. The van der Waals surface area contributed by atoms with Crippen LogP contribution in [0.3, 0.4) is 0 Å². The first-order chi connectivity index (χ1) is 12.5. The number of hydrogen-bond acceptors (Lipinski definition) is 4. The van der Waals surface area contributed by atoms with Crippen LogP contribution in [0.1, 0.15) is 22.8 Å². The maximum atomic E-state index is 12.7. The fourth-order valence-electron chi connectivity index (χ4n) is 2.77. The number of nitrogens with zero attached hydrogens (tertiary/aromatic N) is 1. The summed E-state index contributed by atoms with van der Waals surface area (Å²) >= 11 is 0. The minimum absolute atomic E-state index is 0.165.